The van der Waals surface area contributed by atoms with E-state index in [1.807, 2.05) is 42.7 Å². The van der Waals surface area contributed by atoms with E-state index in [1.54, 1.807) is 24.4 Å². The molecule has 4 rings (SSSR count). The van der Waals surface area contributed by atoms with Gasteiger partial charge in [0.1, 0.15) is 30.0 Å². The average molecular weight is 450 g/mol. The van der Waals surface area contributed by atoms with E-state index < -0.39 is 0 Å². The number of carbonyl (C=O) groups is 2. The zero-order valence-electron chi connectivity index (χ0n) is 18.9. The number of nitrogens with zero attached hydrogens (tertiary/aromatic N) is 5. The molecule has 2 aromatic heterocycles. The molecular formula is C23H27N7O3. The third kappa shape index (κ3) is 4.94. The summed E-state index contributed by atoms with van der Waals surface area (Å²) in [7, 11) is 1.58. The van der Waals surface area contributed by atoms with E-state index in [-0.39, 0.29) is 24.2 Å². The molecule has 10 heteroatoms. The van der Waals surface area contributed by atoms with Crippen LogP contribution in [0, 0.1) is 19.8 Å². The Morgan fingerprint density at radius 1 is 1.18 bits per heavy atom. The van der Waals surface area contributed by atoms with Crippen molar-refractivity contribution in [2.75, 3.05) is 37.0 Å². The smallest absolute Gasteiger partial charge is 0.227 e. The van der Waals surface area contributed by atoms with Crippen LogP contribution in [-0.2, 0) is 9.59 Å². The second-order valence-electron chi connectivity index (χ2n) is 7.87. The second kappa shape index (κ2) is 9.68. The number of aromatic nitrogens is 4. The molecule has 172 valence electrons. The Morgan fingerprint density at radius 2 is 2.03 bits per heavy atom. The Morgan fingerprint density at radius 3 is 2.79 bits per heavy atom. The minimum absolute atomic E-state index is 0.0694. The average Bonchev–Trinajstić information content (AvgIpc) is 3.39. The fourth-order valence-electron chi connectivity index (χ4n) is 3.74. The minimum atomic E-state index is -0.387. The van der Waals surface area contributed by atoms with Crippen LogP contribution in [0.5, 0.6) is 5.75 Å². The number of methoxy groups -OCH3 is 1. The van der Waals surface area contributed by atoms with Crippen LogP contribution in [0.1, 0.15) is 17.8 Å². The summed E-state index contributed by atoms with van der Waals surface area (Å²) in [6, 6.07) is 9.11. The normalized spacial score (nSPS) is 15.5. The maximum absolute atomic E-state index is 12.6. The van der Waals surface area contributed by atoms with Crippen molar-refractivity contribution in [3.05, 3.63) is 54.4 Å². The predicted molar refractivity (Wildman–Crippen MR) is 124 cm³/mol. The van der Waals surface area contributed by atoms with Gasteiger partial charge in [0.25, 0.3) is 0 Å². The molecule has 1 atom stereocenters. The topological polar surface area (TPSA) is 114 Å². The van der Waals surface area contributed by atoms with Crippen LogP contribution in [-0.4, -0.2) is 58.1 Å². The zero-order chi connectivity index (χ0) is 23.4. The van der Waals surface area contributed by atoms with Gasteiger partial charge in [-0.25, -0.2) is 15.0 Å². The van der Waals surface area contributed by atoms with Crippen molar-refractivity contribution in [3.63, 3.8) is 0 Å². The molecule has 0 aliphatic carbocycles. The number of amides is 2. The summed E-state index contributed by atoms with van der Waals surface area (Å²) in [4.78, 5) is 39.5. The Hall–Kier alpha value is -3.95. The molecule has 1 unspecified atom stereocenters. The quantitative estimate of drug-likeness (QED) is 0.505. The molecule has 10 nitrogen and oxygen atoms in total. The van der Waals surface area contributed by atoms with Crippen LogP contribution < -0.4 is 20.3 Å². The van der Waals surface area contributed by atoms with Gasteiger partial charge in [0.15, 0.2) is 0 Å². The van der Waals surface area contributed by atoms with Gasteiger partial charge in [-0.05, 0) is 26.0 Å². The number of nitrogens with one attached hydrogen (secondary N) is 2. The monoisotopic (exact) mass is 449 g/mol. The molecule has 0 bridgehead atoms. The first-order chi connectivity index (χ1) is 16.0. The first-order valence-electron chi connectivity index (χ1n) is 10.7. The Bertz CT molecular complexity index is 1160. The largest absolute Gasteiger partial charge is 0.497 e. The molecule has 1 aliphatic rings. The highest BCUT2D eigenvalue weighted by atomic mass is 16.5. The van der Waals surface area contributed by atoms with Crippen molar-refractivity contribution in [1.82, 2.24) is 24.8 Å². The van der Waals surface area contributed by atoms with E-state index in [4.69, 9.17) is 4.74 Å². The third-order valence-corrected chi connectivity index (χ3v) is 5.74. The van der Waals surface area contributed by atoms with Gasteiger partial charge in [0.05, 0.1) is 18.7 Å². The predicted octanol–water partition coefficient (Wildman–Crippen LogP) is 1.87. The molecule has 1 aliphatic heterocycles. The van der Waals surface area contributed by atoms with Crippen molar-refractivity contribution >= 4 is 23.3 Å². The second-order valence-corrected chi connectivity index (χ2v) is 7.87. The van der Waals surface area contributed by atoms with Crippen LogP contribution in [0.3, 0.4) is 0 Å². The Balaban J connectivity index is 1.27. The fourth-order valence-corrected chi connectivity index (χ4v) is 3.74. The van der Waals surface area contributed by atoms with Gasteiger partial charge < -0.3 is 20.3 Å². The lowest BCUT2D eigenvalue weighted by Crippen LogP contribution is -2.35. The molecule has 0 saturated carbocycles. The lowest BCUT2D eigenvalue weighted by Gasteiger charge is -2.17. The van der Waals surface area contributed by atoms with Gasteiger partial charge in [0, 0.05) is 49.6 Å². The van der Waals surface area contributed by atoms with Gasteiger partial charge in [-0.2, -0.15) is 0 Å². The van der Waals surface area contributed by atoms with Crippen LogP contribution in [0.4, 0.5) is 11.5 Å². The first kappa shape index (κ1) is 22.3. The lowest BCUT2D eigenvalue weighted by molar-refractivity contribution is -0.126. The van der Waals surface area contributed by atoms with Crippen LogP contribution >= 0.6 is 0 Å². The number of anilines is 2. The van der Waals surface area contributed by atoms with Crippen LogP contribution in [0.15, 0.2) is 43.0 Å². The number of hydrogen-bond donors (Lipinski definition) is 2. The number of imidazole rings is 1. The van der Waals surface area contributed by atoms with E-state index in [9.17, 15) is 9.59 Å². The highest BCUT2D eigenvalue weighted by Crippen LogP contribution is 2.28. The molecule has 1 saturated heterocycles. The lowest BCUT2D eigenvalue weighted by atomic mass is 10.1. The van der Waals surface area contributed by atoms with Gasteiger partial charge in [-0.1, -0.05) is 6.07 Å². The maximum Gasteiger partial charge on any atom is 0.227 e. The molecule has 0 radical (unpaired) electrons. The summed E-state index contributed by atoms with van der Waals surface area (Å²) < 4.78 is 7.13. The van der Waals surface area contributed by atoms with Crippen LogP contribution in [0.2, 0.25) is 0 Å². The third-order valence-electron chi connectivity index (χ3n) is 5.74. The van der Waals surface area contributed by atoms with Crippen molar-refractivity contribution in [3.8, 4) is 11.6 Å². The van der Waals surface area contributed by atoms with Crippen molar-refractivity contribution in [1.29, 1.82) is 0 Å². The molecule has 3 aromatic rings. The van der Waals surface area contributed by atoms with E-state index in [0.717, 1.165) is 22.9 Å². The summed E-state index contributed by atoms with van der Waals surface area (Å²) in [5.41, 5.74) is 2.70. The summed E-state index contributed by atoms with van der Waals surface area (Å²) >= 11 is 0. The Labute approximate surface area is 192 Å². The van der Waals surface area contributed by atoms with Gasteiger partial charge in [-0.15, -0.1) is 0 Å². The van der Waals surface area contributed by atoms with Gasteiger partial charge >= 0.3 is 0 Å². The fraction of sp³-hybridized carbons (Fsp3) is 0.348. The van der Waals surface area contributed by atoms with E-state index in [2.05, 4.69) is 25.6 Å². The highest BCUT2D eigenvalue weighted by Gasteiger charge is 2.35. The minimum Gasteiger partial charge on any atom is -0.497 e. The molecule has 2 amide bonds. The molecule has 1 fully saturated rings. The number of carbonyl (C=O) groups excluding carboxylic acids is 2. The molecule has 3 heterocycles. The molecular weight excluding hydrogens is 422 g/mol. The van der Waals surface area contributed by atoms with E-state index in [0.29, 0.717) is 31.2 Å². The summed E-state index contributed by atoms with van der Waals surface area (Å²) in [6.45, 7) is 5.18. The highest BCUT2D eigenvalue weighted by molar-refractivity contribution is 6.00. The SMILES string of the molecule is COc1cccc(N2CC(C(=O)NCCNc3cc(-n4cnc(C)c4C)ncn3)CC2=O)c1. The van der Waals surface area contributed by atoms with Crippen LogP contribution in [0.25, 0.3) is 5.82 Å². The standard InChI is InChI=1S/C23H27N7O3/c1-15-16(2)30(14-28-15)21-11-20(26-13-27-21)24-7-8-25-23(32)17-9-22(31)29(12-17)18-5-4-6-19(10-18)33-3/h4-6,10-11,13-14,17H,7-9,12H2,1-3H3,(H,25,32)(H,24,26,27). The van der Waals surface area contributed by atoms with Crippen molar-refractivity contribution in [2.45, 2.75) is 20.3 Å². The van der Waals surface area contributed by atoms with Gasteiger partial charge in [-0.3, -0.25) is 14.2 Å². The number of aryl methyl sites for hydroxylation is 1. The molecule has 2 N–H and O–H groups in total. The molecule has 1 aromatic carbocycles. The summed E-state index contributed by atoms with van der Waals surface area (Å²) in [5.74, 6) is 1.45. The first-order valence-corrected chi connectivity index (χ1v) is 10.7. The molecule has 33 heavy (non-hydrogen) atoms. The summed E-state index contributed by atoms with van der Waals surface area (Å²) in [5, 5.41) is 6.10. The van der Waals surface area contributed by atoms with Gasteiger partial charge in [0.2, 0.25) is 11.8 Å². The number of hydrogen-bond acceptors (Lipinski definition) is 7. The molecule has 0 spiro atoms. The zero-order valence-corrected chi connectivity index (χ0v) is 18.9. The maximum atomic E-state index is 12.6. The van der Waals surface area contributed by atoms with Crippen molar-refractivity contribution < 1.29 is 14.3 Å². The summed E-state index contributed by atoms with van der Waals surface area (Å²) in [6.07, 6.45) is 3.41. The number of ether oxygens (including phenoxy) is 1. The number of rotatable bonds is 8. The van der Waals surface area contributed by atoms with Crippen molar-refractivity contribution in [2.24, 2.45) is 5.92 Å². The van der Waals surface area contributed by atoms with E-state index >= 15 is 0 Å². The van der Waals surface area contributed by atoms with E-state index in [1.165, 1.54) is 6.33 Å². The Kier molecular flexibility index (Phi) is 6.53. The number of benzene rings is 1.